The van der Waals surface area contributed by atoms with Crippen molar-refractivity contribution in [1.82, 2.24) is 0 Å². The van der Waals surface area contributed by atoms with E-state index in [2.05, 4.69) is 44.2 Å². The van der Waals surface area contributed by atoms with Gasteiger partial charge in [-0.3, -0.25) is 0 Å². The van der Waals surface area contributed by atoms with Crippen molar-refractivity contribution in [3.05, 3.63) is 35.9 Å². The molecule has 0 fully saturated rings. The molecule has 122 valence electrons. The first-order chi connectivity index (χ1) is 10.3. The van der Waals surface area contributed by atoms with Crippen LogP contribution in [0, 0.1) is 0 Å². The van der Waals surface area contributed by atoms with Crippen LogP contribution >= 0.6 is 0 Å². The monoisotopic (exact) mass is 312 g/mol. The zero-order valence-corrected chi connectivity index (χ0v) is 14.4. The van der Waals surface area contributed by atoms with Crippen molar-refractivity contribution in [1.29, 1.82) is 0 Å². The van der Waals surface area contributed by atoms with Crippen molar-refractivity contribution in [2.45, 2.75) is 96.8 Å². The van der Waals surface area contributed by atoms with Crippen molar-refractivity contribution in [3.8, 4) is 0 Å². The predicted molar refractivity (Wildman–Crippen MR) is 103 cm³/mol. The molecule has 0 nitrogen and oxygen atoms in total. The van der Waals surface area contributed by atoms with Crippen LogP contribution in [-0.4, -0.2) is 29.6 Å². The Morgan fingerprint density at radius 2 is 1.14 bits per heavy atom. The molecular formula is C21H37Na. The van der Waals surface area contributed by atoms with E-state index in [9.17, 15) is 0 Å². The Labute approximate surface area is 161 Å². The maximum atomic E-state index is 2.37. The molecule has 0 spiro atoms. The molecule has 1 rings (SSSR count). The molecule has 1 aromatic carbocycles. The van der Waals surface area contributed by atoms with Crippen molar-refractivity contribution in [2.75, 3.05) is 0 Å². The first-order valence-corrected chi connectivity index (χ1v) is 9.39. The summed E-state index contributed by atoms with van der Waals surface area (Å²) in [4.78, 5) is 0. The number of unbranched alkanes of at least 4 members (excludes halogenated alkanes) is 10. The van der Waals surface area contributed by atoms with E-state index in [0.717, 1.165) is 5.92 Å². The molecule has 0 amide bonds. The van der Waals surface area contributed by atoms with Crippen molar-refractivity contribution in [2.24, 2.45) is 0 Å². The van der Waals surface area contributed by atoms with Crippen LogP contribution in [-0.2, 0) is 0 Å². The summed E-state index contributed by atoms with van der Waals surface area (Å²) >= 11 is 0. The van der Waals surface area contributed by atoms with E-state index in [1.165, 1.54) is 82.6 Å². The fourth-order valence-corrected chi connectivity index (χ4v) is 3.06. The van der Waals surface area contributed by atoms with Gasteiger partial charge in [0.15, 0.2) is 0 Å². The van der Waals surface area contributed by atoms with Crippen LogP contribution in [0.5, 0.6) is 0 Å². The Morgan fingerprint density at radius 1 is 0.682 bits per heavy atom. The van der Waals surface area contributed by atoms with Crippen LogP contribution in [0.15, 0.2) is 30.3 Å². The van der Waals surface area contributed by atoms with Crippen LogP contribution < -0.4 is 0 Å². The van der Waals surface area contributed by atoms with E-state index >= 15 is 0 Å². The second kappa shape index (κ2) is 16.1. The molecule has 1 unspecified atom stereocenters. The zero-order valence-electron chi connectivity index (χ0n) is 14.4. The molecule has 0 N–H and O–H groups in total. The number of rotatable bonds is 13. The molecular weight excluding hydrogens is 275 g/mol. The fraction of sp³-hybridized carbons (Fsp3) is 0.714. The van der Waals surface area contributed by atoms with Crippen LogP contribution in [0.3, 0.4) is 0 Å². The average Bonchev–Trinajstić information content (AvgIpc) is 2.53. The van der Waals surface area contributed by atoms with Gasteiger partial charge in [-0.05, 0) is 17.9 Å². The Hall–Kier alpha value is 0.220. The molecule has 0 aliphatic heterocycles. The zero-order chi connectivity index (χ0) is 15.2. The summed E-state index contributed by atoms with van der Waals surface area (Å²) in [7, 11) is 0. The summed E-state index contributed by atoms with van der Waals surface area (Å²) < 4.78 is 0. The molecule has 0 aliphatic rings. The third-order valence-electron chi connectivity index (χ3n) is 4.61. The predicted octanol–water partition coefficient (Wildman–Crippen LogP) is 6.84. The molecule has 0 saturated heterocycles. The molecule has 0 saturated carbocycles. The standard InChI is InChI=1S/C21H36.Na.H/c1-3-4-5-6-7-8-9-10-11-12-14-17-20(2)21-18-15-13-16-19-21;;/h13,15-16,18-20H,3-12,14,17H2,1-2H3;;. The van der Waals surface area contributed by atoms with Gasteiger partial charge in [-0.25, -0.2) is 0 Å². The van der Waals surface area contributed by atoms with Gasteiger partial charge in [0.05, 0.1) is 0 Å². The van der Waals surface area contributed by atoms with Gasteiger partial charge >= 0.3 is 29.6 Å². The SMILES string of the molecule is CCCCCCCCCCCCCC(C)c1ccccc1.[NaH]. The summed E-state index contributed by atoms with van der Waals surface area (Å²) in [6, 6.07) is 11.0. The second-order valence-corrected chi connectivity index (χ2v) is 6.64. The van der Waals surface area contributed by atoms with Gasteiger partial charge < -0.3 is 0 Å². The molecule has 1 atom stereocenters. The van der Waals surface area contributed by atoms with E-state index in [1.54, 1.807) is 0 Å². The van der Waals surface area contributed by atoms with Crippen LogP contribution in [0.2, 0.25) is 0 Å². The third-order valence-corrected chi connectivity index (χ3v) is 4.61. The Balaban J connectivity index is 0.00000441. The van der Waals surface area contributed by atoms with Gasteiger partial charge in [0.1, 0.15) is 0 Å². The molecule has 0 bridgehead atoms. The molecule has 1 heteroatoms. The average molecular weight is 313 g/mol. The summed E-state index contributed by atoms with van der Waals surface area (Å²) in [5, 5.41) is 0. The van der Waals surface area contributed by atoms with Gasteiger partial charge in [-0.1, -0.05) is 115 Å². The van der Waals surface area contributed by atoms with Crippen LogP contribution in [0.25, 0.3) is 0 Å². The minimum absolute atomic E-state index is 0. The Kier molecular flexibility index (Phi) is 16.3. The van der Waals surface area contributed by atoms with E-state index in [0.29, 0.717) is 0 Å². The van der Waals surface area contributed by atoms with E-state index in [4.69, 9.17) is 0 Å². The van der Waals surface area contributed by atoms with Crippen LogP contribution in [0.1, 0.15) is 102 Å². The number of benzene rings is 1. The first-order valence-electron chi connectivity index (χ1n) is 9.39. The molecule has 22 heavy (non-hydrogen) atoms. The van der Waals surface area contributed by atoms with Gasteiger partial charge in [-0.15, -0.1) is 0 Å². The first kappa shape index (κ1) is 22.2. The topological polar surface area (TPSA) is 0 Å². The second-order valence-electron chi connectivity index (χ2n) is 6.64. The molecule has 0 radical (unpaired) electrons. The molecule has 0 aromatic heterocycles. The summed E-state index contributed by atoms with van der Waals surface area (Å²) in [5.41, 5.74) is 1.50. The summed E-state index contributed by atoms with van der Waals surface area (Å²) in [5.74, 6) is 0.727. The Morgan fingerprint density at radius 3 is 1.64 bits per heavy atom. The quantitative estimate of drug-likeness (QED) is 0.276. The summed E-state index contributed by atoms with van der Waals surface area (Å²) in [6.07, 6.45) is 17.2. The van der Waals surface area contributed by atoms with Crippen molar-refractivity contribution in [3.63, 3.8) is 0 Å². The molecule has 1 aromatic rings. The normalized spacial score (nSPS) is 11.9. The van der Waals surface area contributed by atoms with Gasteiger partial charge in [0.25, 0.3) is 0 Å². The van der Waals surface area contributed by atoms with Crippen molar-refractivity contribution < 1.29 is 0 Å². The van der Waals surface area contributed by atoms with Crippen molar-refractivity contribution >= 4 is 29.6 Å². The number of hydrogen-bond donors (Lipinski definition) is 0. The number of hydrogen-bond acceptors (Lipinski definition) is 0. The third kappa shape index (κ3) is 11.7. The minimum atomic E-state index is 0. The molecule has 0 heterocycles. The Bertz CT molecular complexity index is 320. The van der Waals surface area contributed by atoms with E-state index in [-0.39, 0.29) is 29.6 Å². The van der Waals surface area contributed by atoms with Gasteiger partial charge in [0.2, 0.25) is 0 Å². The van der Waals surface area contributed by atoms with Gasteiger partial charge in [-0.2, -0.15) is 0 Å². The van der Waals surface area contributed by atoms with E-state index in [1.807, 2.05) is 0 Å². The fourth-order valence-electron chi connectivity index (χ4n) is 3.06. The molecule has 0 aliphatic carbocycles. The van der Waals surface area contributed by atoms with Crippen LogP contribution in [0.4, 0.5) is 0 Å². The van der Waals surface area contributed by atoms with E-state index < -0.39 is 0 Å². The van der Waals surface area contributed by atoms with Gasteiger partial charge in [0, 0.05) is 0 Å². The maximum absolute atomic E-state index is 2.37. The summed E-state index contributed by atoms with van der Waals surface area (Å²) in [6.45, 7) is 4.66.